The summed E-state index contributed by atoms with van der Waals surface area (Å²) in [5, 5.41) is 0. The van der Waals surface area contributed by atoms with Crippen LogP contribution in [-0.4, -0.2) is 33.5 Å². The third kappa shape index (κ3) is 3.75. The zero-order valence-corrected chi connectivity index (χ0v) is 12.6. The van der Waals surface area contributed by atoms with Gasteiger partial charge in [-0.15, -0.1) is 13.2 Å². The van der Waals surface area contributed by atoms with Gasteiger partial charge in [-0.25, -0.2) is 9.97 Å². The third-order valence-corrected chi connectivity index (χ3v) is 3.96. The number of aryl methyl sites for hydroxylation is 1. The average Bonchev–Trinajstić information content (AvgIpc) is 3.09. The summed E-state index contributed by atoms with van der Waals surface area (Å²) in [5.74, 6) is 1.31. The topological polar surface area (TPSA) is 43.2 Å². The highest BCUT2D eigenvalue weighted by Crippen LogP contribution is 2.28. The smallest absolute Gasteiger partial charge is 0.404 e. The van der Waals surface area contributed by atoms with E-state index < -0.39 is 6.36 Å². The lowest BCUT2D eigenvalue weighted by molar-refractivity contribution is -0.274. The van der Waals surface area contributed by atoms with E-state index in [4.69, 9.17) is 0 Å². The maximum atomic E-state index is 12.2. The molecule has 1 fully saturated rings. The zero-order chi connectivity index (χ0) is 16.4. The van der Waals surface area contributed by atoms with Crippen LogP contribution in [0.5, 0.6) is 5.75 Å². The molecule has 3 heterocycles. The standard InChI is InChI=1S/C15H17F3N4O/c1-11-19-6-8-21(11)10-12-3-2-7-22(12)14-5-4-13(9-20-14)23-15(16,17)18/h4-6,8-9,12H,2-3,7,10H2,1H3/t12-/m1/s1. The number of hydrogen-bond acceptors (Lipinski definition) is 4. The van der Waals surface area contributed by atoms with E-state index in [2.05, 4.69) is 24.2 Å². The minimum atomic E-state index is -4.70. The van der Waals surface area contributed by atoms with E-state index in [0.717, 1.165) is 38.0 Å². The van der Waals surface area contributed by atoms with Gasteiger partial charge in [0.2, 0.25) is 0 Å². The normalized spacial score (nSPS) is 18.4. The van der Waals surface area contributed by atoms with Crippen molar-refractivity contribution < 1.29 is 17.9 Å². The molecular weight excluding hydrogens is 309 g/mol. The van der Waals surface area contributed by atoms with Crippen molar-refractivity contribution in [3.05, 3.63) is 36.5 Å². The van der Waals surface area contributed by atoms with Crippen LogP contribution in [0.1, 0.15) is 18.7 Å². The number of imidazole rings is 1. The number of hydrogen-bond donors (Lipinski definition) is 0. The quantitative estimate of drug-likeness (QED) is 0.866. The minimum absolute atomic E-state index is 0.254. The number of anilines is 1. The second-order valence-electron chi connectivity index (χ2n) is 5.52. The van der Waals surface area contributed by atoms with Crippen molar-refractivity contribution in [2.24, 2.45) is 0 Å². The van der Waals surface area contributed by atoms with Gasteiger partial charge in [-0.05, 0) is 31.9 Å². The van der Waals surface area contributed by atoms with E-state index in [1.807, 2.05) is 13.1 Å². The van der Waals surface area contributed by atoms with Crippen LogP contribution in [0.3, 0.4) is 0 Å². The van der Waals surface area contributed by atoms with E-state index >= 15 is 0 Å². The first kappa shape index (κ1) is 15.6. The van der Waals surface area contributed by atoms with Gasteiger partial charge in [0.15, 0.2) is 0 Å². The van der Waals surface area contributed by atoms with Crippen molar-refractivity contribution in [1.82, 2.24) is 14.5 Å². The number of ether oxygens (including phenoxy) is 1. The number of pyridine rings is 1. The monoisotopic (exact) mass is 326 g/mol. The molecule has 2 aromatic heterocycles. The first-order valence-electron chi connectivity index (χ1n) is 7.38. The molecule has 0 N–H and O–H groups in total. The van der Waals surface area contributed by atoms with Gasteiger partial charge in [-0.2, -0.15) is 0 Å². The van der Waals surface area contributed by atoms with E-state index in [1.54, 1.807) is 12.3 Å². The molecule has 23 heavy (non-hydrogen) atoms. The Morgan fingerprint density at radius 1 is 1.30 bits per heavy atom. The first-order chi connectivity index (χ1) is 10.9. The Morgan fingerprint density at radius 3 is 2.74 bits per heavy atom. The summed E-state index contributed by atoms with van der Waals surface area (Å²) in [6, 6.07) is 3.12. The number of halogens is 3. The van der Waals surface area contributed by atoms with Crippen LogP contribution in [0.15, 0.2) is 30.7 Å². The average molecular weight is 326 g/mol. The Morgan fingerprint density at radius 2 is 2.13 bits per heavy atom. The lowest BCUT2D eigenvalue weighted by Crippen LogP contribution is -2.33. The zero-order valence-electron chi connectivity index (χ0n) is 12.6. The van der Waals surface area contributed by atoms with Crippen LogP contribution >= 0.6 is 0 Å². The minimum Gasteiger partial charge on any atom is -0.404 e. The highest BCUT2D eigenvalue weighted by Gasteiger charge is 2.31. The largest absolute Gasteiger partial charge is 0.573 e. The molecule has 0 aliphatic carbocycles. The SMILES string of the molecule is Cc1nccn1C[C@H]1CCCN1c1ccc(OC(F)(F)F)cn1. The lowest BCUT2D eigenvalue weighted by Gasteiger charge is -2.26. The van der Waals surface area contributed by atoms with Crippen LogP contribution in [0.2, 0.25) is 0 Å². The molecule has 3 rings (SSSR count). The highest BCUT2D eigenvalue weighted by molar-refractivity contribution is 5.43. The highest BCUT2D eigenvalue weighted by atomic mass is 19.4. The summed E-state index contributed by atoms with van der Waals surface area (Å²) < 4.78 is 42.5. The van der Waals surface area contributed by atoms with Gasteiger partial charge >= 0.3 is 6.36 Å². The van der Waals surface area contributed by atoms with Gasteiger partial charge in [-0.1, -0.05) is 0 Å². The molecule has 0 unspecified atom stereocenters. The second-order valence-corrected chi connectivity index (χ2v) is 5.52. The summed E-state index contributed by atoms with van der Waals surface area (Å²) in [5.41, 5.74) is 0. The van der Waals surface area contributed by atoms with Crippen molar-refractivity contribution in [3.63, 3.8) is 0 Å². The molecule has 5 nitrogen and oxygen atoms in total. The summed E-state index contributed by atoms with van der Waals surface area (Å²) in [7, 11) is 0. The van der Waals surface area contributed by atoms with Crippen LogP contribution in [0.25, 0.3) is 0 Å². The Bertz CT molecular complexity index is 653. The van der Waals surface area contributed by atoms with Crippen molar-refractivity contribution in [3.8, 4) is 5.75 Å². The molecule has 1 aliphatic rings. The number of alkyl halides is 3. The molecule has 0 radical (unpaired) electrons. The van der Waals surface area contributed by atoms with E-state index in [0.29, 0.717) is 5.82 Å². The predicted octanol–water partition coefficient (Wildman–Crippen LogP) is 3.15. The van der Waals surface area contributed by atoms with E-state index in [9.17, 15) is 13.2 Å². The molecule has 1 saturated heterocycles. The van der Waals surface area contributed by atoms with Gasteiger partial charge in [0.05, 0.1) is 6.20 Å². The summed E-state index contributed by atoms with van der Waals surface area (Å²) >= 11 is 0. The molecule has 1 atom stereocenters. The van der Waals surface area contributed by atoms with Crippen molar-refractivity contribution in [2.45, 2.75) is 38.7 Å². The molecule has 0 bridgehead atoms. The van der Waals surface area contributed by atoms with Gasteiger partial charge < -0.3 is 14.2 Å². The Labute approximate surface area is 131 Å². The molecular formula is C15H17F3N4O. The van der Waals surface area contributed by atoms with Crippen LogP contribution in [0, 0.1) is 6.92 Å². The Kier molecular flexibility index (Phi) is 4.14. The fourth-order valence-electron chi connectivity index (χ4n) is 2.89. The summed E-state index contributed by atoms with van der Waals surface area (Å²) in [4.78, 5) is 10.5. The van der Waals surface area contributed by atoms with Crippen LogP contribution in [0.4, 0.5) is 19.0 Å². The molecule has 0 spiro atoms. The molecule has 0 aromatic carbocycles. The van der Waals surface area contributed by atoms with Gasteiger partial charge in [0.25, 0.3) is 0 Å². The van der Waals surface area contributed by atoms with E-state index in [1.165, 1.54) is 6.07 Å². The molecule has 124 valence electrons. The lowest BCUT2D eigenvalue weighted by atomic mass is 10.2. The third-order valence-electron chi connectivity index (χ3n) is 3.96. The van der Waals surface area contributed by atoms with Crippen LogP contribution in [-0.2, 0) is 6.54 Å². The van der Waals surface area contributed by atoms with Crippen molar-refractivity contribution in [1.29, 1.82) is 0 Å². The fourth-order valence-corrected chi connectivity index (χ4v) is 2.89. The second kappa shape index (κ2) is 6.10. The molecule has 1 aliphatic heterocycles. The van der Waals surface area contributed by atoms with Gasteiger partial charge in [-0.3, -0.25) is 0 Å². The molecule has 0 saturated carbocycles. The molecule has 8 heteroatoms. The fraction of sp³-hybridized carbons (Fsp3) is 0.467. The van der Waals surface area contributed by atoms with E-state index in [-0.39, 0.29) is 11.8 Å². The number of aromatic nitrogens is 3. The summed E-state index contributed by atoms with van der Waals surface area (Å²) in [6.45, 7) is 3.57. The maximum Gasteiger partial charge on any atom is 0.573 e. The number of nitrogens with zero attached hydrogens (tertiary/aromatic N) is 4. The van der Waals surface area contributed by atoms with Crippen LogP contribution < -0.4 is 9.64 Å². The predicted molar refractivity (Wildman–Crippen MR) is 78.3 cm³/mol. The summed E-state index contributed by atoms with van der Waals surface area (Å²) in [6.07, 6.45) is 2.15. The molecule has 0 amide bonds. The van der Waals surface area contributed by atoms with Gasteiger partial charge in [0, 0.05) is 31.5 Å². The molecule has 2 aromatic rings. The Hall–Kier alpha value is -2.25. The Balaban J connectivity index is 1.71. The van der Waals surface area contributed by atoms with Crippen molar-refractivity contribution >= 4 is 5.82 Å². The number of rotatable bonds is 4. The van der Waals surface area contributed by atoms with Gasteiger partial charge in [0.1, 0.15) is 17.4 Å². The first-order valence-corrected chi connectivity index (χ1v) is 7.38. The van der Waals surface area contributed by atoms with Crippen molar-refractivity contribution in [2.75, 3.05) is 11.4 Å². The maximum absolute atomic E-state index is 12.2.